The van der Waals surface area contributed by atoms with E-state index in [9.17, 15) is 9.59 Å². The van der Waals surface area contributed by atoms with E-state index in [0.29, 0.717) is 18.0 Å². The van der Waals surface area contributed by atoms with E-state index in [1.54, 1.807) is 26.4 Å². The number of hydrogen-bond donors (Lipinski definition) is 3. The van der Waals surface area contributed by atoms with Crippen molar-refractivity contribution in [2.75, 3.05) is 14.2 Å². The van der Waals surface area contributed by atoms with Gasteiger partial charge in [0.1, 0.15) is 6.04 Å². The maximum atomic E-state index is 12.3. The summed E-state index contributed by atoms with van der Waals surface area (Å²) < 4.78 is 10.4. The monoisotopic (exact) mass is 323 g/mol. The molecule has 0 saturated heterocycles. The number of nitrogens with one attached hydrogen (secondary N) is 2. The number of primary amides is 1. The lowest BCUT2D eigenvalue weighted by Gasteiger charge is -2.22. The highest BCUT2D eigenvalue weighted by atomic mass is 16.5. The number of carbonyl (C=O) groups is 2. The predicted molar refractivity (Wildman–Crippen MR) is 87.4 cm³/mol. The smallest absolute Gasteiger partial charge is 0.312 e. The molecule has 0 fully saturated rings. The Labute approximate surface area is 136 Å². The molecule has 128 valence electrons. The first-order valence-electron chi connectivity index (χ1n) is 7.47. The van der Waals surface area contributed by atoms with Crippen LogP contribution in [0.4, 0.5) is 4.79 Å². The highest BCUT2D eigenvalue weighted by Crippen LogP contribution is 2.27. The third-order valence-electron chi connectivity index (χ3n) is 3.71. The number of benzene rings is 1. The van der Waals surface area contributed by atoms with Crippen molar-refractivity contribution in [3.63, 3.8) is 0 Å². The van der Waals surface area contributed by atoms with Crippen LogP contribution in [0.3, 0.4) is 0 Å². The van der Waals surface area contributed by atoms with Gasteiger partial charge in [0.25, 0.3) is 0 Å². The molecule has 0 heterocycles. The molecule has 0 unspecified atom stereocenters. The number of amides is 3. The summed E-state index contributed by atoms with van der Waals surface area (Å²) in [6.45, 7) is 4.14. The fourth-order valence-corrected chi connectivity index (χ4v) is 2.14. The summed E-state index contributed by atoms with van der Waals surface area (Å²) in [4.78, 5) is 23.4. The van der Waals surface area contributed by atoms with Gasteiger partial charge in [-0.1, -0.05) is 26.3 Å². The molecule has 3 amide bonds. The maximum absolute atomic E-state index is 12.3. The summed E-state index contributed by atoms with van der Waals surface area (Å²) in [6.07, 6.45) is 0.745. The second kappa shape index (κ2) is 8.87. The SMILES string of the molecule is CC[C@@H](C)[C@@H](NC(N)=O)C(=O)NCc1ccc(OC)c(OC)c1. The number of urea groups is 1. The molecule has 7 heteroatoms. The molecule has 0 spiro atoms. The van der Waals surface area contributed by atoms with E-state index in [0.717, 1.165) is 12.0 Å². The molecule has 23 heavy (non-hydrogen) atoms. The van der Waals surface area contributed by atoms with Crippen LogP contribution in [0.1, 0.15) is 25.8 Å². The number of hydrogen-bond acceptors (Lipinski definition) is 4. The zero-order chi connectivity index (χ0) is 17.4. The topological polar surface area (TPSA) is 103 Å². The van der Waals surface area contributed by atoms with Crippen LogP contribution in [0.15, 0.2) is 18.2 Å². The summed E-state index contributed by atoms with van der Waals surface area (Å²) in [7, 11) is 3.11. The van der Waals surface area contributed by atoms with E-state index in [2.05, 4.69) is 10.6 Å². The van der Waals surface area contributed by atoms with Gasteiger partial charge < -0.3 is 25.8 Å². The van der Waals surface area contributed by atoms with Gasteiger partial charge in [-0.3, -0.25) is 4.79 Å². The van der Waals surface area contributed by atoms with Gasteiger partial charge in [0.05, 0.1) is 14.2 Å². The van der Waals surface area contributed by atoms with Crippen molar-refractivity contribution in [1.82, 2.24) is 10.6 Å². The Kier molecular flexibility index (Phi) is 7.18. The van der Waals surface area contributed by atoms with E-state index < -0.39 is 12.1 Å². The summed E-state index contributed by atoms with van der Waals surface area (Å²) in [6, 6.07) is 4.03. The predicted octanol–water partition coefficient (Wildman–Crippen LogP) is 1.40. The van der Waals surface area contributed by atoms with Crippen molar-refractivity contribution in [2.24, 2.45) is 11.7 Å². The molecule has 2 atom stereocenters. The van der Waals surface area contributed by atoms with Crippen molar-refractivity contribution in [1.29, 1.82) is 0 Å². The minimum atomic E-state index is -0.712. The summed E-state index contributed by atoms with van der Waals surface area (Å²) >= 11 is 0. The van der Waals surface area contributed by atoms with Crippen molar-refractivity contribution in [2.45, 2.75) is 32.9 Å². The molecule has 1 aromatic carbocycles. The third kappa shape index (κ3) is 5.36. The highest BCUT2D eigenvalue weighted by molar-refractivity contribution is 5.86. The Balaban J connectivity index is 2.75. The molecule has 0 bridgehead atoms. The first-order chi connectivity index (χ1) is 10.9. The lowest BCUT2D eigenvalue weighted by Crippen LogP contribution is -2.51. The van der Waals surface area contributed by atoms with Gasteiger partial charge in [-0.2, -0.15) is 0 Å². The van der Waals surface area contributed by atoms with Crippen LogP contribution < -0.4 is 25.8 Å². The first-order valence-corrected chi connectivity index (χ1v) is 7.47. The molecule has 0 saturated carbocycles. The third-order valence-corrected chi connectivity index (χ3v) is 3.71. The molecule has 1 rings (SSSR count). The van der Waals surface area contributed by atoms with E-state index in [1.807, 2.05) is 19.9 Å². The Morgan fingerprint density at radius 2 is 1.87 bits per heavy atom. The molecular formula is C16H25N3O4. The second-order valence-electron chi connectivity index (χ2n) is 5.28. The van der Waals surface area contributed by atoms with Crippen LogP contribution in [-0.2, 0) is 11.3 Å². The quantitative estimate of drug-likeness (QED) is 0.673. The molecule has 0 aliphatic carbocycles. The van der Waals surface area contributed by atoms with Crippen LogP contribution in [0.2, 0.25) is 0 Å². The fourth-order valence-electron chi connectivity index (χ4n) is 2.14. The average Bonchev–Trinajstić information content (AvgIpc) is 2.56. The largest absolute Gasteiger partial charge is 0.493 e. The normalized spacial score (nSPS) is 12.9. The Bertz CT molecular complexity index is 548. The molecule has 0 aliphatic heterocycles. The number of rotatable bonds is 8. The van der Waals surface area contributed by atoms with Crippen molar-refractivity contribution in [3.05, 3.63) is 23.8 Å². The fraction of sp³-hybridized carbons (Fsp3) is 0.500. The molecule has 1 aromatic rings. The van der Waals surface area contributed by atoms with Crippen molar-refractivity contribution in [3.8, 4) is 11.5 Å². The van der Waals surface area contributed by atoms with E-state index >= 15 is 0 Å². The zero-order valence-electron chi connectivity index (χ0n) is 14.0. The minimum absolute atomic E-state index is 0.0205. The maximum Gasteiger partial charge on any atom is 0.312 e. The van der Waals surface area contributed by atoms with Crippen LogP contribution in [0.5, 0.6) is 11.5 Å². The van der Waals surface area contributed by atoms with Gasteiger partial charge in [0, 0.05) is 6.54 Å². The molecule has 0 aliphatic rings. The number of ether oxygens (including phenoxy) is 2. The van der Waals surface area contributed by atoms with Gasteiger partial charge >= 0.3 is 6.03 Å². The number of nitrogens with two attached hydrogens (primary N) is 1. The zero-order valence-corrected chi connectivity index (χ0v) is 14.0. The minimum Gasteiger partial charge on any atom is -0.493 e. The molecular weight excluding hydrogens is 298 g/mol. The van der Waals surface area contributed by atoms with Crippen molar-refractivity contribution < 1.29 is 19.1 Å². The van der Waals surface area contributed by atoms with Gasteiger partial charge in [-0.05, 0) is 23.6 Å². The van der Waals surface area contributed by atoms with Crippen LogP contribution in [-0.4, -0.2) is 32.2 Å². The Morgan fingerprint density at radius 1 is 1.22 bits per heavy atom. The highest BCUT2D eigenvalue weighted by Gasteiger charge is 2.24. The van der Waals surface area contributed by atoms with Gasteiger partial charge in [-0.25, -0.2) is 4.79 Å². The standard InChI is InChI=1S/C16H25N3O4/c1-5-10(2)14(19-16(17)21)15(20)18-9-11-6-7-12(22-3)13(8-11)23-4/h6-8,10,14H,5,9H2,1-4H3,(H,18,20)(H3,17,19,21)/t10-,14-/m1/s1. The first kappa shape index (κ1) is 18.6. The molecule has 0 radical (unpaired) electrons. The van der Waals surface area contributed by atoms with Gasteiger partial charge in [0.15, 0.2) is 11.5 Å². The Morgan fingerprint density at radius 3 is 2.39 bits per heavy atom. The average molecular weight is 323 g/mol. The molecule has 0 aromatic heterocycles. The lowest BCUT2D eigenvalue weighted by atomic mass is 9.98. The summed E-state index contributed by atoms with van der Waals surface area (Å²) in [5, 5.41) is 5.29. The summed E-state index contributed by atoms with van der Waals surface area (Å²) in [5.41, 5.74) is 6.00. The summed E-state index contributed by atoms with van der Waals surface area (Å²) in [5.74, 6) is 0.921. The van der Waals surface area contributed by atoms with Crippen LogP contribution in [0.25, 0.3) is 0 Å². The Hall–Kier alpha value is -2.44. The molecule has 7 nitrogen and oxygen atoms in total. The van der Waals surface area contributed by atoms with Gasteiger partial charge in [-0.15, -0.1) is 0 Å². The lowest BCUT2D eigenvalue weighted by molar-refractivity contribution is -0.124. The molecule has 4 N–H and O–H groups in total. The van der Waals surface area contributed by atoms with Crippen LogP contribution in [0, 0.1) is 5.92 Å². The van der Waals surface area contributed by atoms with Crippen LogP contribution >= 0.6 is 0 Å². The van der Waals surface area contributed by atoms with Crippen molar-refractivity contribution >= 4 is 11.9 Å². The van der Waals surface area contributed by atoms with E-state index in [1.165, 1.54) is 0 Å². The van der Waals surface area contributed by atoms with E-state index in [-0.39, 0.29) is 11.8 Å². The number of methoxy groups -OCH3 is 2. The van der Waals surface area contributed by atoms with E-state index in [4.69, 9.17) is 15.2 Å². The second-order valence-corrected chi connectivity index (χ2v) is 5.28. The van der Waals surface area contributed by atoms with Gasteiger partial charge in [0.2, 0.25) is 5.91 Å². The number of carbonyl (C=O) groups excluding carboxylic acids is 2.